The summed E-state index contributed by atoms with van der Waals surface area (Å²) < 4.78 is 13.1. The molecule has 1 saturated heterocycles. The van der Waals surface area contributed by atoms with Crippen LogP contribution in [0.15, 0.2) is 29.3 Å². The Kier molecular flexibility index (Phi) is 8.34. The van der Waals surface area contributed by atoms with E-state index in [1.165, 1.54) is 37.9 Å². The van der Waals surface area contributed by atoms with Crippen LogP contribution >= 0.6 is 0 Å². The van der Waals surface area contributed by atoms with Crippen molar-refractivity contribution in [3.8, 4) is 0 Å². The lowest BCUT2D eigenvalue weighted by Crippen LogP contribution is -2.43. The smallest absolute Gasteiger partial charge is 0.243 e. The number of anilines is 1. The average Bonchev–Trinajstić information content (AvgIpc) is 2.62. The molecule has 1 aliphatic heterocycles. The van der Waals surface area contributed by atoms with Crippen LogP contribution in [0.4, 0.5) is 10.1 Å². The minimum atomic E-state index is -0.378. The van der Waals surface area contributed by atoms with Crippen molar-refractivity contribution in [2.75, 3.05) is 38.5 Å². The topological polar surface area (TPSA) is 68.8 Å². The zero-order chi connectivity index (χ0) is 18.8. The first-order valence-corrected chi connectivity index (χ1v) is 9.32. The van der Waals surface area contributed by atoms with Crippen LogP contribution in [0.5, 0.6) is 0 Å². The van der Waals surface area contributed by atoms with E-state index < -0.39 is 0 Å². The van der Waals surface area contributed by atoms with Gasteiger partial charge in [0.05, 0.1) is 6.54 Å². The molecule has 1 aliphatic rings. The van der Waals surface area contributed by atoms with Gasteiger partial charge in [-0.3, -0.25) is 9.79 Å². The number of hydrogen-bond donors (Lipinski definition) is 3. The molecule has 1 heterocycles. The van der Waals surface area contributed by atoms with Gasteiger partial charge in [0, 0.05) is 31.9 Å². The first-order chi connectivity index (χ1) is 12.6. The number of likely N-dealkylation sites (tertiary alicyclic amines) is 1. The molecule has 0 saturated carbocycles. The van der Waals surface area contributed by atoms with Crippen molar-refractivity contribution < 1.29 is 9.18 Å². The van der Waals surface area contributed by atoms with E-state index in [0.29, 0.717) is 17.7 Å². The van der Waals surface area contributed by atoms with Crippen LogP contribution in [-0.2, 0) is 4.79 Å². The van der Waals surface area contributed by atoms with Gasteiger partial charge in [0.25, 0.3) is 0 Å². The maximum Gasteiger partial charge on any atom is 0.243 e. The Balaban J connectivity index is 1.63. The zero-order valence-electron chi connectivity index (χ0n) is 15.7. The van der Waals surface area contributed by atoms with Crippen molar-refractivity contribution in [1.82, 2.24) is 15.5 Å². The second-order valence-electron chi connectivity index (χ2n) is 6.65. The second kappa shape index (κ2) is 10.8. The molecule has 0 aliphatic carbocycles. The Morgan fingerprint density at radius 1 is 1.35 bits per heavy atom. The quantitative estimate of drug-likeness (QED) is 0.395. The van der Waals surface area contributed by atoms with Crippen LogP contribution < -0.4 is 16.0 Å². The van der Waals surface area contributed by atoms with Crippen molar-refractivity contribution in [3.63, 3.8) is 0 Å². The third-order valence-corrected chi connectivity index (χ3v) is 4.60. The van der Waals surface area contributed by atoms with Crippen molar-refractivity contribution >= 4 is 17.6 Å². The fraction of sp³-hybridized carbons (Fsp3) is 0.579. The number of carbonyl (C=O) groups excluding carboxylic acids is 1. The third-order valence-electron chi connectivity index (χ3n) is 4.60. The van der Waals surface area contributed by atoms with Crippen LogP contribution in [0, 0.1) is 5.82 Å². The molecular weight excluding hydrogens is 333 g/mol. The van der Waals surface area contributed by atoms with Gasteiger partial charge in [-0.1, -0.05) is 12.5 Å². The van der Waals surface area contributed by atoms with E-state index >= 15 is 0 Å². The number of aliphatic imine (C=N–C) groups is 1. The minimum absolute atomic E-state index is 0.0688. The molecule has 7 heteroatoms. The molecule has 144 valence electrons. The van der Waals surface area contributed by atoms with Crippen LogP contribution in [0.2, 0.25) is 0 Å². The highest BCUT2D eigenvalue weighted by molar-refractivity contribution is 5.94. The van der Waals surface area contributed by atoms with Gasteiger partial charge in [0.1, 0.15) is 5.82 Å². The highest BCUT2D eigenvalue weighted by Gasteiger charge is 2.17. The Hall–Kier alpha value is -2.15. The van der Waals surface area contributed by atoms with Gasteiger partial charge in [-0.15, -0.1) is 0 Å². The standard InChI is InChI=1S/C19H30FN5O/c1-15-7-3-4-11-25(15)12-6-10-22-19(21-2)23-14-18(26)24-17-9-5-8-16(20)13-17/h5,8-9,13,15H,3-4,6-7,10-12,14H2,1-2H3,(H,24,26)(H2,21,22,23). The van der Waals surface area contributed by atoms with Gasteiger partial charge in [0.2, 0.25) is 5.91 Å². The number of piperidine rings is 1. The lowest BCUT2D eigenvalue weighted by Gasteiger charge is -2.33. The van der Waals surface area contributed by atoms with Crippen molar-refractivity contribution in [1.29, 1.82) is 0 Å². The van der Waals surface area contributed by atoms with E-state index in [1.54, 1.807) is 19.2 Å². The van der Waals surface area contributed by atoms with Gasteiger partial charge in [-0.05, 0) is 50.9 Å². The summed E-state index contributed by atoms with van der Waals surface area (Å²) in [5, 5.41) is 8.84. The number of rotatable bonds is 7. The number of nitrogens with one attached hydrogen (secondary N) is 3. The van der Waals surface area contributed by atoms with E-state index in [9.17, 15) is 9.18 Å². The highest BCUT2D eigenvalue weighted by atomic mass is 19.1. The lowest BCUT2D eigenvalue weighted by atomic mass is 10.0. The highest BCUT2D eigenvalue weighted by Crippen LogP contribution is 2.16. The number of guanidine groups is 1. The van der Waals surface area contributed by atoms with E-state index in [-0.39, 0.29) is 18.3 Å². The van der Waals surface area contributed by atoms with Gasteiger partial charge in [-0.25, -0.2) is 4.39 Å². The maximum atomic E-state index is 13.1. The van der Waals surface area contributed by atoms with Gasteiger partial charge in [0.15, 0.2) is 5.96 Å². The molecule has 0 radical (unpaired) electrons. The van der Waals surface area contributed by atoms with Crippen LogP contribution in [0.3, 0.4) is 0 Å². The van der Waals surface area contributed by atoms with E-state index in [0.717, 1.165) is 19.5 Å². The van der Waals surface area contributed by atoms with Gasteiger partial charge < -0.3 is 20.9 Å². The molecule has 26 heavy (non-hydrogen) atoms. The van der Waals surface area contributed by atoms with Crippen molar-refractivity contribution in [2.45, 2.75) is 38.6 Å². The Labute approximate surface area is 155 Å². The number of benzene rings is 1. The summed E-state index contributed by atoms with van der Waals surface area (Å²) in [5.74, 6) is -0.0389. The van der Waals surface area contributed by atoms with Gasteiger partial charge in [-0.2, -0.15) is 0 Å². The summed E-state index contributed by atoms with van der Waals surface area (Å²) in [6.45, 7) is 5.43. The summed E-state index contributed by atoms with van der Waals surface area (Å²) >= 11 is 0. The first kappa shape index (κ1) is 20.2. The largest absolute Gasteiger partial charge is 0.356 e. The lowest BCUT2D eigenvalue weighted by molar-refractivity contribution is -0.115. The molecule has 0 aromatic heterocycles. The predicted octanol–water partition coefficient (Wildman–Crippen LogP) is 2.19. The average molecular weight is 363 g/mol. The van der Waals surface area contributed by atoms with Crippen molar-refractivity contribution in [2.24, 2.45) is 4.99 Å². The van der Waals surface area contributed by atoms with Crippen LogP contribution in [0.25, 0.3) is 0 Å². The summed E-state index contributed by atoms with van der Waals surface area (Å²) in [7, 11) is 1.67. The molecule has 1 aromatic rings. The fourth-order valence-corrected chi connectivity index (χ4v) is 3.13. The Morgan fingerprint density at radius 2 is 2.19 bits per heavy atom. The summed E-state index contributed by atoms with van der Waals surface area (Å²) in [5.41, 5.74) is 0.440. The number of hydrogen-bond acceptors (Lipinski definition) is 3. The van der Waals surface area contributed by atoms with Crippen molar-refractivity contribution in [3.05, 3.63) is 30.1 Å². The molecule has 1 unspecified atom stereocenters. The second-order valence-corrected chi connectivity index (χ2v) is 6.65. The van der Waals surface area contributed by atoms with E-state index in [2.05, 4.69) is 32.8 Å². The normalized spacial score (nSPS) is 18.4. The molecule has 0 bridgehead atoms. The van der Waals surface area contributed by atoms with E-state index in [4.69, 9.17) is 0 Å². The number of nitrogens with zero attached hydrogens (tertiary/aromatic N) is 2. The Bertz CT molecular complexity index is 607. The summed E-state index contributed by atoms with van der Waals surface area (Å²) in [4.78, 5) is 18.6. The minimum Gasteiger partial charge on any atom is -0.356 e. The number of amides is 1. The van der Waals surface area contributed by atoms with E-state index in [1.807, 2.05) is 0 Å². The molecule has 0 spiro atoms. The zero-order valence-corrected chi connectivity index (χ0v) is 15.7. The SMILES string of the molecule is CN=C(NCCCN1CCCCC1C)NCC(=O)Nc1cccc(F)c1. The molecular formula is C19H30FN5O. The molecule has 1 fully saturated rings. The number of halogens is 1. The molecule has 3 N–H and O–H groups in total. The molecule has 1 amide bonds. The monoisotopic (exact) mass is 363 g/mol. The number of carbonyl (C=O) groups is 1. The van der Waals surface area contributed by atoms with Crippen LogP contribution in [0.1, 0.15) is 32.6 Å². The molecule has 1 aromatic carbocycles. The molecule has 6 nitrogen and oxygen atoms in total. The predicted molar refractivity (Wildman–Crippen MR) is 104 cm³/mol. The fourth-order valence-electron chi connectivity index (χ4n) is 3.13. The molecule has 1 atom stereocenters. The molecule has 2 rings (SSSR count). The van der Waals surface area contributed by atoms with Gasteiger partial charge >= 0.3 is 0 Å². The Morgan fingerprint density at radius 3 is 2.92 bits per heavy atom. The third kappa shape index (κ3) is 7.00. The summed E-state index contributed by atoms with van der Waals surface area (Å²) in [6.07, 6.45) is 4.95. The first-order valence-electron chi connectivity index (χ1n) is 9.32. The maximum absolute atomic E-state index is 13.1. The summed E-state index contributed by atoms with van der Waals surface area (Å²) in [6, 6.07) is 6.50. The van der Waals surface area contributed by atoms with Crippen LogP contribution in [-0.4, -0.2) is 56.0 Å².